The van der Waals surface area contributed by atoms with Crippen LogP contribution in [0.5, 0.6) is 0 Å². The first-order chi connectivity index (χ1) is 13.2. The molecule has 1 amide bonds. The maximum absolute atomic E-state index is 13.2. The molecule has 0 aliphatic carbocycles. The number of rotatable bonds is 0. The molecule has 0 unspecified atom stereocenters. The maximum Gasteiger partial charge on any atom is 0.410 e. The van der Waals surface area contributed by atoms with E-state index < -0.39 is 20.9 Å². The van der Waals surface area contributed by atoms with E-state index in [0.717, 1.165) is 11.1 Å². The molecule has 148 valence electrons. The molecule has 1 fully saturated rings. The van der Waals surface area contributed by atoms with E-state index in [9.17, 15) is 13.2 Å². The average Bonchev–Trinajstić information content (AvgIpc) is 2.66. The highest BCUT2D eigenvalue weighted by Gasteiger charge is 2.48. The minimum Gasteiger partial charge on any atom is -0.444 e. The van der Waals surface area contributed by atoms with Crippen molar-refractivity contribution in [1.29, 1.82) is 0 Å². The van der Waals surface area contributed by atoms with Crippen molar-refractivity contribution < 1.29 is 17.9 Å². The van der Waals surface area contributed by atoms with Gasteiger partial charge in [0.2, 0.25) is 9.84 Å². The zero-order valence-corrected chi connectivity index (χ0v) is 17.3. The second-order valence-corrected chi connectivity index (χ2v) is 10.4. The molecule has 2 aliphatic rings. The molecular formula is C22H25NO4S. The van der Waals surface area contributed by atoms with Crippen molar-refractivity contribution in [2.45, 2.75) is 54.4 Å². The van der Waals surface area contributed by atoms with Crippen molar-refractivity contribution in [1.82, 2.24) is 4.90 Å². The number of benzene rings is 2. The monoisotopic (exact) mass is 399 g/mol. The number of sulfone groups is 1. The Hall–Kier alpha value is -2.34. The van der Waals surface area contributed by atoms with E-state index in [1.807, 2.05) is 45.0 Å². The van der Waals surface area contributed by atoms with Gasteiger partial charge in [-0.15, -0.1) is 0 Å². The Bertz CT molecular complexity index is 973. The highest BCUT2D eigenvalue weighted by molar-refractivity contribution is 7.91. The molecule has 0 N–H and O–H groups in total. The second-order valence-electron chi connectivity index (χ2n) is 8.55. The number of hydrogen-bond donors (Lipinski definition) is 0. The fourth-order valence-electron chi connectivity index (χ4n) is 4.39. The highest BCUT2D eigenvalue weighted by Crippen LogP contribution is 2.51. The van der Waals surface area contributed by atoms with Gasteiger partial charge >= 0.3 is 6.09 Å². The molecule has 0 saturated carbocycles. The van der Waals surface area contributed by atoms with Crippen LogP contribution in [-0.4, -0.2) is 38.1 Å². The maximum atomic E-state index is 13.2. The number of carbonyl (C=O) groups is 1. The lowest BCUT2D eigenvalue weighted by Crippen LogP contribution is -2.49. The molecule has 1 saturated heterocycles. The number of amides is 1. The molecule has 5 nitrogen and oxygen atoms in total. The number of piperidine rings is 1. The van der Waals surface area contributed by atoms with Crippen molar-refractivity contribution in [3.63, 3.8) is 0 Å². The normalized spacial score (nSPS) is 19.6. The van der Waals surface area contributed by atoms with Gasteiger partial charge in [-0.25, -0.2) is 13.2 Å². The fourth-order valence-corrected chi connectivity index (χ4v) is 6.25. The summed E-state index contributed by atoms with van der Waals surface area (Å²) in [5, 5.41) is 0. The van der Waals surface area contributed by atoms with Gasteiger partial charge in [-0.3, -0.25) is 0 Å². The van der Waals surface area contributed by atoms with Gasteiger partial charge in [0.1, 0.15) is 5.60 Å². The molecule has 0 atom stereocenters. The van der Waals surface area contributed by atoms with E-state index in [1.54, 1.807) is 29.2 Å². The van der Waals surface area contributed by atoms with Crippen molar-refractivity contribution >= 4 is 15.9 Å². The van der Waals surface area contributed by atoms with Crippen LogP contribution in [0.25, 0.3) is 0 Å². The van der Waals surface area contributed by atoms with Gasteiger partial charge in [0, 0.05) is 18.5 Å². The Morgan fingerprint density at radius 1 is 0.929 bits per heavy atom. The minimum atomic E-state index is -3.54. The number of likely N-dealkylation sites (tertiary alicyclic amines) is 1. The molecule has 0 radical (unpaired) electrons. The van der Waals surface area contributed by atoms with E-state index in [2.05, 4.69) is 0 Å². The predicted octanol–water partition coefficient (Wildman–Crippen LogP) is 4.15. The summed E-state index contributed by atoms with van der Waals surface area (Å²) >= 11 is 0. The summed E-state index contributed by atoms with van der Waals surface area (Å²) in [4.78, 5) is 15.0. The molecule has 28 heavy (non-hydrogen) atoms. The Balaban J connectivity index is 1.75. The van der Waals surface area contributed by atoms with Crippen LogP contribution >= 0.6 is 0 Å². The van der Waals surface area contributed by atoms with Crippen LogP contribution in [0.4, 0.5) is 4.79 Å². The van der Waals surface area contributed by atoms with Gasteiger partial charge in [0.05, 0.1) is 9.79 Å². The molecule has 6 heteroatoms. The van der Waals surface area contributed by atoms with Crippen molar-refractivity contribution in [3.8, 4) is 0 Å². The molecule has 2 aromatic carbocycles. The first-order valence-electron chi connectivity index (χ1n) is 9.57. The molecule has 2 aromatic rings. The van der Waals surface area contributed by atoms with E-state index in [1.165, 1.54) is 0 Å². The number of hydrogen-bond acceptors (Lipinski definition) is 4. The molecule has 2 heterocycles. The lowest BCUT2D eigenvalue weighted by molar-refractivity contribution is 0.0177. The minimum absolute atomic E-state index is 0.313. The van der Waals surface area contributed by atoms with Crippen LogP contribution in [0.3, 0.4) is 0 Å². The Labute approximate surface area is 166 Å². The third-order valence-corrected chi connectivity index (χ3v) is 7.52. The zero-order valence-electron chi connectivity index (χ0n) is 16.4. The standard InChI is InChI=1S/C22H25NO4S/c1-21(2,3)27-20(24)23-14-12-22(13-15-23)16-8-4-6-10-18(16)28(25,26)19-11-7-5-9-17(19)22/h4-11H,12-15H2,1-3H3. The Morgan fingerprint density at radius 2 is 1.39 bits per heavy atom. The van der Waals surface area contributed by atoms with Gasteiger partial charge in [0.15, 0.2) is 0 Å². The average molecular weight is 400 g/mol. The van der Waals surface area contributed by atoms with Crippen LogP contribution in [0.1, 0.15) is 44.7 Å². The summed E-state index contributed by atoms with van der Waals surface area (Å²) in [6.45, 7) is 6.62. The lowest BCUT2D eigenvalue weighted by atomic mass is 9.67. The van der Waals surface area contributed by atoms with Gasteiger partial charge < -0.3 is 9.64 Å². The first-order valence-corrected chi connectivity index (χ1v) is 11.1. The molecule has 1 spiro atoms. The summed E-state index contributed by atoms with van der Waals surface area (Å²) in [7, 11) is -3.54. The number of ether oxygens (including phenoxy) is 1. The van der Waals surface area contributed by atoms with Crippen LogP contribution in [-0.2, 0) is 20.0 Å². The van der Waals surface area contributed by atoms with Gasteiger partial charge in [0.25, 0.3) is 0 Å². The Morgan fingerprint density at radius 3 is 1.86 bits per heavy atom. The lowest BCUT2D eigenvalue weighted by Gasteiger charge is -2.46. The molecule has 4 rings (SSSR count). The molecule has 2 aliphatic heterocycles. The summed E-state index contributed by atoms with van der Waals surface area (Å²) in [6, 6.07) is 14.6. The molecule has 0 bridgehead atoms. The van der Waals surface area contributed by atoms with E-state index in [-0.39, 0.29) is 6.09 Å². The largest absolute Gasteiger partial charge is 0.444 e. The van der Waals surface area contributed by atoms with Crippen LogP contribution < -0.4 is 0 Å². The SMILES string of the molecule is CC(C)(C)OC(=O)N1CCC2(CC1)c1ccccc1S(=O)(=O)c1ccccc12. The fraction of sp³-hybridized carbons (Fsp3) is 0.409. The predicted molar refractivity (Wildman–Crippen MR) is 106 cm³/mol. The van der Waals surface area contributed by atoms with Crippen molar-refractivity contribution in [2.75, 3.05) is 13.1 Å². The summed E-state index contributed by atoms with van der Waals surface area (Å²) in [5.74, 6) is 0. The summed E-state index contributed by atoms with van der Waals surface area (Å²) < 4.78 is 31.8. The third kappa shape index (κ3) is 2.91. The highest BCUT2D eigenvalue weighted by atomic mass is 32.2. The van der Waals surface area contributed by atoms with Crippen LogP contribution in [0, 0.1) is 0 Å². The topological polar surface area (TPSA) is 63.7 Å². The smallest absolute Gasteiger partial charge is 0.410 e. The quantitative estimate of drug-likeness (QED) is 0.668. The Kier molecular flexibility index (Phi) is 4.30. The number of fused-ring (bicyclic) bond motifs is 4. The zero-order chi connectivity index (χ0) is 20.2. The van der Waals surface area contributed by atoms with Crippen molar-refractivity contribution in [3.05, 3.63) is 59.7 Å². The van der Waals surface area contributed by atoms with E-state index >= 15 is 0 Å². The van der Waals surface area contributed by atoms with Crippen LogP contribution in [0.2, 0.25) is 0 Å². The summed E-state index contributed by atoms with van der Waals surface area (Å²) in [5.41, 5.74) is 0.747. The second kappa shape index (κ2) is 6.34. The van der Waals surface area contributed by atoms with E-state index in [4.69, 9.17) is 4.74 Å². The van der Waals surface area contributed by atoms with Crippen LogP contribution in [0.15, 0.2) is 58.3 Å². The van der Waals surface area contributed by atoms with E-state index in [0.29, 0.717) is 35.7 Å². The van der Waals surface area contributed by atoms with Crippen molar-refractivity contribution in [2.24, 2.45) is 0 Å². The number of nitrogens with zero attached hydrogens (tertiary/aromatic N) is 1. The van der Waals surface area contributed by atoms with Gasteiger partial charge in [-0.2, -0.15) is 0 Å². The van der Waals surface area contributed by atoms with Gasteiger partial charge in [-0.05, 0) is 56.9 Å². The number of carbonyl (C=O) groups excluding carboxylic acids is 1. The first kappa shape index (κ1) is 19.0. The molecule has 0 aromatic heterocycles. The van der Waals surface area contributed by atoms with Gasteiger partial charge in [-0.1, -0.05) is 36.4 Å². The third-order valence-electron chi connectivity index (χ3n) is 5.65. The molecular weight excluding hydrogens is 374 g/mol. The summed E-state index contributed by atoms with van der Waals surface area (Å²) in [6.07, 6.45) is 1.01.